The summed E-state index contributed by atoms with van der Waals surface area (Å²) in [7, 11) is 0. The number of hydrogen-bond acceptors (Lipinski definition) is 4. The van der Waals surface area contributed by atoms with E-state index in [1.54, 1.807) is 0 Å². The largest absolute Gasteiger partial charge is 0.463 e. The molecule has 1 rings (SSSR count). The average molecular weight is 282 g/mol. The summed E-state index contributed by atoms with van der Waals surface area (Å²) in [6.07, 6.45) is 10.3. The number of carbonyl (C=O) groups is 2. The van der Waals surface area contributed by atoms with E-state index in [4.69, 9.17) is 4.74 Å². The van der Waals surface area contributed by atoms with Crippen LogP contribution in [0.15, 0.2) is 25.3 Å². The first-order chi connectivity index (χ1) is 9.63. The molecule has 0 spiro atoms. The van der Waals surface area contributed by atoms with Crippen LogP contribution in [-0.2, 0) is 19.1 Å². The summed E-state index contributed by atoms with van der Waals surface area (Å²) in [5, 5.41) is 0. The SMILES string of the molecule is C=CC(=O)OC1CCCCC1.C=CC(=O)OCCCC. The number of hydrogen-bond donors (Lipinski definition) is 0. The fourth-order valence-electron chi connectivity index (χ4n) is 1.77. The van der Waals surface area contributed by atoms with Crippen LogP contribution in [0.1, 0.15) is 51.9 Å². The lowest BCUT2D eigenvalue weighted by Crippen LogP contribution is -2.19. The van der Waals surface area contributed by atoms with E-state index in [9.17, 15) is 9.59 Å². The topological polar surface area (TPSA) is 52.6 Å². The van der Waals surface area contributed by atoms with E-state index in [1.165, 1.54) is 31.4 Å². The Hall–Kier alpha value is -1.58. The van der Waals surface area contributed by atoms with Gasteiger partial charge in [0.15, 0.2) is 0 Å². The Morgan fingerprint density at radius 2 is 1.70 bits per heavy atom. The van der Waals surface area contributed by atoms with Crippen molar-refractivity contribution in [1.82, 2.24) is 0 Å². The van der Waals surface area contributed by atoms with Gasteiger partial charge in [0.1, 0.15) is 6.10 Å². The molecular formula is C16H26O4. The molecular weight excluding hydrogens is 256 g/mol. The lowest BCUT2D eigenvalue weighted by Gasteiger charge is -2.20. The second kappa shape index (κ2) is 12.5. The van der Waals surface area contributed by atoms with Crippen molar-refractivity contribution in [3.05, 3.63) is 25.3 Å². The van der Waals surface area contributed by atoms with Crippen molar-refractivity contribution >= 4 is 11.9 Å². The highest BCUT2D eigenvalue weighted by Gasteiger charge is 2.15. The van der Waals surface area contributed by atoms with Crippen molar-refractivity contribution in [2.75, 3.05) is 6.61 Å². The van der Waals surface area contributed by atoms with Crippen molar-refractivity contribution in [2.45, 2.75) is 58.0 Å². The van der Waals surface area contributed by atoms with Crippen LogP contribution in [0.4, 0.5) is 0 Å². The van der Waals surface area contributed by atoms with E-state index in [0.717, 1.165) is 25.7 Å². The van der Waals surface area contributed by atoms with Crippen molar-refractivity contribution in [1.29, 1.82) is 0 Å². The van der Waals surface area contributed by atoms with E-state index in [1.807, 2.05) is 6.92 Å². The standard InChI is InChI=1S/C9H14O2.C7H12O2/c1-2-9(10)11-8-6-4-3-5-7-8;1-3-5-6-9-7(8)4-2/h2,8H,1,3-7H2;4H,2-3,5-6H2,1H3. The zero-order valence-corrected chi connectivity index (χ0v) is 12.4. The molecule has 1 fully saturated rings. The zero-order valence-electron chi connectivity index (χ0n) is 12.4. The second-order valence-corrected chi connectivity index (χ2v) is 4.63. The number of rotatable bonds is 6. The van der Waals surface area contributed by atoms with E-state index < -0.39 is 0 Å². The van der Waals surface area contributed by atoms with Crippen LogP contribution in [0.2, 0.25) is 0 Å². The van der Waals surface area contributed by atoms with Gasteiger partial charge in [0.2, 0.25) is 0 Å². The molecule has 114 valence electrons. The average Bonchev–Trinajstić information content (AvgIpc) is 2.49. The van der Waals surface area contributed by atoms with Gasteiger partial charge < -0.3 is 9.47 Å². The van der Waals surface area contributed by atoms with Gasteiger partial charge in [0.05, 0.1) is 6.61 Å². The fraction of sp³-hybridized carbons (Fsp3) is 0.625. The molecule has 1 aliphatic carbocycles. The Balaban J connectivity index is 0.000000370. The molecule has 4 nitrogen and oxygen atoms in total. The van der Waals surface area contributed by atoms with Crippen molar-refractivity contribution in [3.8, 4) is 0 Å². The maximum atomic E-state index is 10.7. The molecule has 0 N–H and O–H groups in total. The Labute approximate surface area is 121 Å². The normalized spacial score (nSPS) is 14.4. The van der Waals surface area contributed by atoms with E-state index in [0.29, 0.717) is 6.61 Å². The summed E-state index contributed by atoms with van der Waals surface area (Å²) < 4.78 is 9.76. The van der Waals surface area contributed by atoms with Crippen molar-refractivity contribution in [2.24, 2.45) is 0 Å². The van der Waals surface area contributed by atoms with E-state index in [-0.39, 0.29) is 18.0 Å². The summed E-state index contributed by atoms with van der Waals surface area (Å²) in [4.78, 5) is 21.1. The summed E-state index contributed by atoms with van der Waals surface area (Å²) >= 11 is 0. The third kappa shape index (κ3) is 10.4. The molecule has 0 heterocycles. The van der Waals surface area contributed by atoms with Crippen LogP contribution < -0.4 is 0 Å². The highest BCUT2D eigenvalue weighted by Crippen LogP contribution is 2.20. The first-order valence-corrected chi connectivity index (χ1v) is 7.26. The first kappa shape index (κ1) is 18.4. The fourth-order valence-corrected chi connectivity index (χ4v) is 1.77. The number of unbranched alkanes of at least 4 members (excludes halogenated alkanes) is 1. The van der Waals surface area contributed by atoms with Crippen LogP contribution in [0.3, 0.4) is 0 Å². The van der Waals surface area contributed by atoms with Gasteiger partial charge in [-0.3, -0.25) is 0 Å². The van der Waals surface area contributed by atoms with Crippen molar-refractivity contribution < 1.29 is 19.1 Å². The molecule has 0 aromatic carbocycles. The molecule has 0 atom stereocenters. The first-order valence-electron chi connectivity index (χ1n) is 7.26. The van der Waals surface area contributed by atoms with Gasteiger partial charge in [-0.1, -0.05) is 32.9 Å². The minimum atomic E-state index is -0.330. The highest BCUT2D eigenvalue weighted by molar-refractivity contribution is 5.81. The van der Waals surface area contributed by atoms with Crippen LogP contribution >= 0.6 is 0 Å². The number of esters is 2. The van der Waals surface area contributed by atoms with Crippen LogP contribution in [0.5, 0.6) is 0 Å². The van der Waals surface area contributed by atoms with E-state index in [2.05, 4.69) is 17.9 Å². The summed E-state index contributed by atoms with van der Waals surface area (Å²) in [5.41, 5.74) is 0. The third-order valence-electron chi connectivity index (χ3n) is 2.91. The molecule has 1 aliphatic rings. The Morgan fingerprint density at radius 1 is 1.10 bits per heavy atom. The number of ether oxygens (including phenoxy) is 2. The van der Waals surface area contributed by atoms with Gasteiger partial charge in [0.25, 0.3) is 0 Å². The predicted octanol–water partition coefficient (Wildman–Crippen LogP) is 3.56. The second-order valence-electron chi connectivity index (χ2n) is 4.63. The maximum Gasteiger partial charge on any atom is 0.330 e. The molecule has 0 amide bonds. The highest BCUT2D eigenvalue weighted by atomic mass is 16.5. The summed E-state index contributed by atoms with van der Waals surface area (Å²) in [6, 6.07) is 0. The Kier molecular flexibility index (Phi) is 11.5. The van der Waals surface area contributed by atoms with Gasteiger partial charge >= 0.3 is 11.9 Å². The zero-order chi connectivity index (χ0) is 15.2. The minimum Gasteiger partial charge on any atom is -0.463 e. The van der Waals surface area contributed by atoms with Crippen LogP contribution in [0, 0.1) is 0 Å². The molecule has 0 aromatic rings. The molecule has 0 aromatic heterocycles. The third-order valence-corrected chi connectivity index (χ3v) is 2.91. The molecule has 4 heteroatoms. The molecule has 0 unspecified atom stereocenters. The molecule has 0 bridgehead atoms. The van der Waals surface area contributed by atoms with Gasteiger partial charge in [-0.15, -0.1) is 0 Å². The van der Waals surface area contributed by atoms with Gasteiger partial charge in [-0.25, -0.2) is 9.59 Å². The maximum absolute atomic E-state index is 10.7. The predicted molar refractivity (Wildman–Crippen MR) is 79.2 cm³/mol. The van der Waals surface area contributed by atoms with E-state index >= 15 is 0 Å². The smallest absolute Gasteiger partial charge is 0.330 e. The molecule has 20 heavy (non-hydrogen) atoms. The summed E-state index contributed by atoms with van der Waals surface area (Å²) in [5.74, 6) is -0.611. The minimum absolute atomic E-state index is 0.161. The number of carbonyl (C=O) groups excluding carboxylic acids is 2. The Bertz CT molecular complexity index is 304. The van der Waals surface area contributed by atoms with Gasteiger partial charge in [0, 0.05) is 12.2 Å². The molecule has 0 aliphatic heterocycles. The Morgan fingerprint density at radius 3 is 2.20 bits per heavy atom. The lowest BCUT2D eigenvalue weighted by molar-refractivity contribution is -0.144. The van der Waals surface area contributed by atoms with Gasteiger partial charge in [-0.2, -0.15) is 0 Å². The molecule has 0 saturated heterocycles. The van der Waals surface area contributed by atoms with Crippen molar-refractivity contribution in [3.63, 3.8) is 0 Å². The molecule has 0 radical (unpaired) electrons. The molecule has 1 saturated carbocycles. The van der Waals surface area contributed by atoms with Crippen LogP contribution in [0.25, 0.3) is 0 Å². The monoisotopic (exact) mass is 282 g/mol. The summed E-state index contributed by atoms with van der Waals surface area (Å²) in [6.45, 7) is 9.17. The van der Waals surface area contributed by atoms with Crippen LogP contribution in [-0.4, -0.2) is 24.6 Å². The van der Waals surface area contributed by atoms with Gasteiger partial charge in [-0.05, 0) is 32.1 Å². The lowest BCUT2D eigenvalue weighted by atomic mass is 9.98. The quantitative estimate of drug-likeness (QED) is 0.424.